The maximum Gasteiger partial charge on any atom is 0.573 e. The Hall–Kier alpha value is -3.17. The van der Waals surface area contributed by atoms with Crippen molar-refractivity contribution in [3.05, 3.63) is 65.5 Å². The van der Waals surface area contributed by atoms with Gasteiger partial charge in [-0.05, 0) is 48.2 Å². The normalized spacial score (nSPS) is 11.6. The lowest BCUT2D eigenvalue weighted by atomic mass is 10.0. The molecular formula is C24H21F7N2O. The Morgan fingerprint density at radius 2 is 1.26 bits per heavy atom. The largest absolute Gasteiger partial charge is 0.573 e. The third-order valence-corrected chi connectivity index (χ3v) is 5.08. The fraction of sp³-hybridized carbons (Fsp3) is 0.333. The number of ether oxygens (including phenoxy) is 1. The lowest BCUT2D eigenvalue weighted by molar-refractivity contribution is -0.276. The number of hydrogen-bond donors (Lipinski definition) is 0. The SMILES string of the molecule is CCCCCCCc1cnc(-c2cc(F)c(-c3cc(F)c(OC(F)(F)F)c(F)c3)c(F)c2)nc1. The average molecular weight is 486 g/mol. The summed E-state index contributed by atoms with van der Waals surface area (Å²) >= 11 is 0. The van der Waals surface area contributed by atoms with Crippen LogP contribution in [0.5, 0.6) is 5.75 Å². The Balaban J connectivity index is 1.82. The lowest BCUT2D eigenvalue weighted by Crippen LogP contribution is -2.19. The van der Waals surface area contributed by atoms with Gasteiger partial charge in [0.2, 0.25) is 5.75 Å². The van der Waals surface area contributed by atoms with Crippen LogP contribution in [0.15, 0.2) is 36.7 Å². The Morgan fingerprint density at radius 3 is 1.79 bits per heavy atom. The monoisotopic (exact) mass is 486 g/mol. The minimum Gasteiger partial charge on any atom is -0.399 e. The highest BCUT2D eigenvalue weighted by molar-refractivity contribution is 5.70. The van der Waals surface area contributed by atoms with Crippen molar-refractivity contribution in [1.82, 2.24) is 9.97 Å². The van der Waals surface area contributed by atoms with Gasteiger partial charge >= 0.3 is 6.36 Å². The molecule has 0 bridgehead atoms. The molecule has 182 valence electrons. The number of alkyl halides is 3. The van der Waals surface area contributed by atoms with Crippen LogP contribution in [0, 0.1) is 23.3 Å². The van der Waals surface area contributed by atoms with Crippen LogP contribution >= 0.6 is 0 Å². The van der Waals surface area contributed by atoms with Gasteiger partial charge < -0.3 is 4.74 Å². The van der Waals surface area contributed by atoms with E-state index < -0.39 is 46.5 Å². The van der Waals surface area contributed by atoms with Crippen molar-refractivity contribution in [3.8, 4) is 28.3 Å². The minimum absolute atomic E-state index is 0.00813. The molecule has 10 heteroatoms. The second-order valence-corrected chi connectivity index (χ2v) is 7.71. The number of rotatable bonds is 9. The first-order valence-corrected chi connectivity index (χ1v) is 10.6. The van der Waals surface area contributed by atoms with E-state index in [4.69, 9.17) is 0 Å². The molecule has 0 aliphatic rings. The summed E-state index contributed by atoms with van der Waals surface area (Å²) < 4.78 is 97.6. The van der Waals surface area contributed by atoms with Crippen LogP contribution in [0.3, 0.4) is 0 Å². The van der Waals surface area contributed by atoms with Gasteiger partial charge in [0, 0.05) is 18.0 Å². The van der Waals surface area contributed by atoms with Crippen molar-refractivity contribution in [3.63, 3.8) is 0 Å². The minimum atomic E-state index is -5.34. The van der Waals surface area contributed by atoms with Crippen LogP contribution < -0.4 is 4.74 Å². The molecule has 0 unspecified atom stereocenters. The van der Waals surface area contributed by atoms with Crippen molar-refractivity contribution in [2.24, 2.45) is 0 Å². The third kappa shape index (κ3) is 6.45. The van der Waals surface area contributed by atoms with Crippen LogP contribution in [-0.2, 0) is 6.42 Å². The molecule has 1 heterocycles. The Bertz CT molecular complexity index is 1090. The van der Waals surface area contributed by atoms with Crippen molar-refractivity contribution in [1.29, 1.82) is 0 Å². The molecule has 0 N–H and O–H groups in total. The fourth-order valence-corrected chi connectivity index (χ4v) is 3.46. The number of aromatic nitrogens is 2. The Morgan fingerprint density at radius 1 is 0.735 bits per heavy atom. The van der Waals surface area contributed by atoms with Crippen LogP contribution in [0.2, 0.25) is 0 Å². The molecule has 0 spiro atoms. The second kappa shape index (κ2) is 10.8. The van der Waals surface area contributed by atoms with E-state index in [1.54, 1.807) is 12.4 Å². The van der Waals surface area contributed by atoms with E-state index in [-0.39, 0.29) is 11.4 Å². The molecular weight excluding hydrogens is 465 g/mol. The smallest absolute Gasteiger partial charge is 0.399 e. The van der Waals surface area contributed by atoms with Gasteiger partial charge in [0.05, 0.1) is 5.56 Å². The number of nitrogens with zero attached hydrogens (tertiary/aromatic N) is 2. The predicted octanol–water partition coefficient (Wildman–Crippen LogP) is 7.78. The van der Waals surface area contributed by atoms with Crippen LogP contribution in [0.25, 0.3) is 22.5 Å². The van der Waals surface area contributed by atoms with Crippen molar-refractivity contribution in [2.75, 3.05) is 0 Å². The van der Waals surface area contributed by atoms with Gasteiger partial charge in [-0.2, -0.15) is 0 Å². The number of benzene rings is 2. The fourth-order valence-electron chi connectivity index (χ4n) is 3.46. The molecule has 0 radical (unpaired) electrons. The highest BCUT2D eigenvalue weighted by Crippen LogP contribution is 2.35. The molecule has 0 aliphatic heterocycles. The average Bonchev–Trinajstić information content (AvgIpc) is 2.75. The summed E-state index contributed by atoms with van der Waals surface area (Å²) in [7, 11) is 0. The van der Waals surface area contributed by atoms with E-state index in [1.807, 2.05) is 0 Å². The molecule has 0 aliphatic carbocycles. The summed E-state index contributed by atoms with van der Waals surface area (Å²) in [6, 6.07) is 2.48. The quantitative estimate of drug-likeness (QED) is 0.229. The third-order valence-electron chi connectivity index (χ3n) is 5.08. The van der Waals surface area contributed by atoms with Crippen LogP contribution in [0.4, 0.5) is 30.7 Å². The van der Waals surface area contributed by atoms with E-state index in [0.29, 0.717) is 12.1 Å². The maximum absolute atomic E-state index is 14.7. The molecule has 3 rings (SSSR count). The zero-order valence-electron chi connectivity index (χ0n) is 18.2. The van der Waals surface area contributed by atoms with Gasteiger partial charge in [0.15, 0.2) is 17.5 Å². The summed E-state index contributed by atoms with van der Waals surface area (Å²) in [5.41, 5.74) is -0.578. The molecule has 0 amide bonds. The Labute approximate surface area is 191 Å². The number of unbranched alkanes of at least 4 members (excludes halogenated alkanes) is 4. The van der Waals surface area contributed by atoms with Gasteiger partial charge in [0.25, 0.3) is 0 Å². The summed E-state index contributed by atoms with van der Waals surface area (Å²) in [6.07, 6.45) is 4.08. The zero-order valence-corrected chi connectivity index (χ0v) is 18.2. The molecule has 3 nitrogen and oxygen atoms in total. The van der Waals surface area contributed by atoms with Gasteiger partial charge in [0.1, 0.15) is 11.6 Å². The first-order valence-electron chi connectivity index (χ1n) is 10.6. The summed E-state index contributed by atoms with van der Waals surface area (Å²) in [6.45, 7) is 2.13. The molecule has 0 fully saturated rings. The molecule has 0 saturated heterocycles. The molecule has 1 aromatic heterocycles. The number of hydrogen-bond acceptors (Lipinski definition) is 3. The van der Waals surface area contributed by atoms with E-state index >= 15 is 0 Å². The van der Waals surface area contributed by atoms with E-state index in [2.05, 4.69) is 21.6 Å². The number of aryl methyl sites for hydroxylation is 1. The molecule has 2 aromatic carbocycles. The van der Waals surface area contributed by atoms with Gasteiger partial charge in [-0.15, -0.1) is 13.2 Å². The zero-order chi connectivity index (χ0) is 24.9. The molecule has 0 saturated carbocycles. The standard InChI is InChI=1S/C24H21F7N2O/c1-2-3-4-5-6-7-14-12-32-23(33-13-14)16-10-17(25)21(18(26)11-16)15-8-19(27)22(20(28)9-15)34-24(29,30)31/h8-13H,2-7H2,1H3. The van der Waals surface area contributed by atoms with E-state index in [1.165, 1.54) is 6.42 Å². The van der Waals surface area contributed by atoms with Gasteiger partial charge in [-0.1, -0.05) is 32.6 Å². The number of halogens is 7. The first-order chi connectivity index (χ1) is 16.1. The van der Waals surface area contributed by atoms with Gasteiger partial charge in [-0.3, -0.25) is 0 Å². The van der Waals surface area contributed by atoms with Crippen LogP contribution in [-0.4, -0.2) is 16.3 Å². The van der Waals surface area contributed by atoms with E-state index in [0.717, 1.165) is 49.8 Å². The Kier molecular flexibility index (Phi) is 8.11. The highest BCUT2D eigenvalue weighted by atomic mass is 19.4. The van der Waals surface area contributed by atoms with E-state index in [9.17, 15) is 30.7 Å². The second-order valence-electron chi connectivity index (χ2n) is 7.71. The lowest BCUT2D eigenvalue weighted by Gasteiger charge is -2.13. The summed E-state index contributed by atoms with van der Waals surface area (Å²) in [4.78, 5) is 8.27. The van der Waals surface area contributed by atoms with Crippen molar-refractivity contribution in [2.45, 2.75) is 51.8 Å². The topological polar surface area (TPSA) is 35.0 Å². The highest BCUT2D eigenvalue weighted by Gasteiger charge is 2.34. The maximum atomic E-state index is 14.7. The summed E-state index contributed by atoms with van der Waals surface area (Å²) in [5.74, 6) is -7.57. The van der Waals surface area contributed by atoms with Crippen molar-refractivity contribution < 1.29 is 35.5 Å². The predicted molar refractivity (Wildman–Crippen MR) is 112 cm³/mol. The van der Waals surface area contributed by atoms with Gasteiger partial charge in [-0.25, -0.2) is 27.5 Å². The first kappa shape index (κ1) is 25.5. The van der Waals surface area contributed by atoms with Crippen LogP contribution in [0.1, 0.15) is 44.6 Å². The molecule has 0 atom stereocenters. The van der Waals surface area contributed by atoms with Crippen molar-refractivity contribution >= 4 is 0 Å². The molecule has 3 aromatic rings. The summed E-state index contributed by atoms with van der Waals surface area (Å²) in [5, 5.41) is 0. The molecule has 34 heavy (non-hydrogen) atoms.